The van der Waals surface area contributed by atoms with Gasteiger partial charge in [0.25, 0.3) is 5.91 Å². The van der Waals surface area contributed by atoms with Crippen molar-refractivity contribution in [2.45, 2.75) is 0 Å². The second kappa shape index (κ2) is 9.60. The van der Waals surface area contributed by atoms with Gasteiger partial charge in [0.05, 0.1) is 16.1 Å². The molecule has 0 spiro atoms. The number of nitrogens with one attached hydrogen (secondary N) is 1. The Hall–Kier alpha value is -4.55. The van der Waals surface area contributed by atoms with Crippen LogP contribution < -0.4 is 5.32 Å². The van der Waals surface area contributed by atoms with Crippen molar-refractivity contribution in [1.29, 1.82) is 0 Å². The summed E-state index contributed by atoms with van der Waals surface area (Å²) < 4.78 is 5.18. The van der Waals surface area contributed by atoms with Crippen LogP contribution in [0.3, 0.4) is 0 Å². The molecule has 36 heavy (non-hydrogen) atoms. The summed E-state index contributed by atoms with van der Waals surface area (Å²) in [5, 5.41) is 2.58. The van der Waals surface area contributed by atoms with Gasteiger partial charge in [-0.25, -0.2) is 4.79 Å². The lowest BCUT2D eigenvalue weighted by atomic mass is 9.83. The standard InChI is InChI=1S/C29H18ClNO5/c30-26-22(15-14-21-25(26)28(34)20-12-5-4-11-19(20)27(21)33)29(35)36-16-24(32)31-23-13-7-6-10-18(23)17-8-2-1-3-9-17/h1-15H,16H2,(H,31,32). The molecule has 0 aromatic heterocycles. The number of rotatable bonds is 5. The Kier molecular flexibility index (Phi) is 6.19. The number of benzene rings is 4. The first-order chi connectivity index (χ1) is 17.5. The highest BCUT2D eigenvalue weighted by Gasteiger charge is 2.33. The van der Waals surface area contributed by atoms with E-state index in [-0.39, 0.29) is 38.6 Å². The van der Waals surface area contributed by atoms with Crippen molar-refractivity contribution in [3.63, 3.8) is 0 Å². The fraction of sp³-hybridized carbons (Fsp3) is 0.0345. The van der Waals surface area contributed by atoms with Gasteiger partial charge in [0.15, 0.2) is 18.2 Å². The lowest BCUT2D eigenvalue weighted by molar-refractivity contribution is -0.119. The minimum atomic E-state index is -0.881. The maximum Gasteiger partial charge on any atom is 0.340 e. The van der Waals surface area contributed by atoms with E-state index in [1.165, 1.54) is 18.2 Å². The molecule has 1 aliphatic carbocycles. The summed E-state index contributed by atoms with van der Waals surface area (Å²) >= 11 is 6.41. The third kappa shape index (κ3) is 4.19. The van der Waals surface area contributed by atoms with Gasteiger partial charge in [0, 0.05) is 27.9 Å². The number of hydrogen-bond acceptors (Lipinski definition) is 5. The van der Waals surface area contributed by atoms with E-state index in [1.54, 1.807) is 30.3 Å². The number of carbonyl (C=O) groups is 4. The van der Waals surface area contributed by atoms with Crippen LogP contribution in [-0.2, 0) is 9.53 Å². The van der Waals surface area contributed by atoms with E-state index < -0.39 is 24.3 Å². The number of ketones is 2. The van der Waals surface area contributed by atoms with Crippen LogP contribution in [0.25, 0.3) is 11.1 Å². The lowest BCUT2D eigenvalue weighted by Crippen LogP contribution is -2.24. The molecule has 7 heteroatoms. The van der Waals surface area contributed by atoms with E-state index in [4.69, 9.17) is 16.3 Å². The molecule has 0 fully saturated rings. The Morgan fingerprint density at radius 3 is 2.03 bits per heavy atom. The average Bonchev–Trinajstić information content (AvgIpc) is 2.91. The SMILES string of the molecule is O=C(COC(=O)c1ccc2c(c1Cl)C(=O)c1ccccc1C2=O)Nc1ccccc1-c1ccccc1. The molecule has 5 rings (SSSR count). The molecule has 0 atom stereocenters. The highest BCUT2D eigenvalue weighted by atomic mass is 35.5. The van der Waals surface area contributed by atoms with Gasteiger partial charge in [0.1, 0.15) is 0 Å². The first kappa shape index (κ1) is 23.2. The zero-order valence-electron chi connectivity index (χ0n) is 18.8. The van der Waals surface area contributed by atoms with Gasteiger partial charge >= 0.3 is 5.97 Å². The number of anilines is 1. The van der Waals surface area contributed by atoms with E-state index in [0.29, 0.717) is 5.69 Å². The molecule has 0 radical (unpaired) electrons. The Balaban J connectivity index is 1.32. The van der Waals surface area contributed by atoms with Crippen LogP contribution in [0.2, 0.25) is 5.02 Å². The molecule has 1 N–H and O–H groups in total. The molecule has 0 unspecified atom stereocenters. The van der Waals surface area contributed by atoms with Gasteiger partial charge in [-0.2, -0.15) is 0 Å². The van der Waals surface area contributed by atoms with Crippen molar-refractivity contribution in [3.8, 4) is 11.1 Å². The summed E-state index contributed by atoms with van der Waals surface area (Å²) in [6, 6.07) is 26.0. The topological polar surface area (TPSA) is 89.5 Å². The molecule has 0 saturated heterocycles. The Bertz CT molecular complexity index is 1540. The molecule has 4 aromatic carbocycles. The van der Waals surface area contributed by atoms with Crippen LogP contribution in [0, 0.1) is 0 Å². The number of fused-ring (bicyclic) bond motifs is 2. The van der Waals surface area contributed by atoms with Gasteiger partial charge < -0.3 is 10.1 Å². The van der Waals surface area contributed by atoms with Gasteiger partial charge in [0.2, 0.25) is 0 Å². The maximum absolute atomic E-state index is 13.0. The zero-order chi connectivity index (χ0) is 25.2. The minimum Gasteiger partial charge on any atom is -0.452 e. The third-order valence-corrected chi connectivity index (χ3v) is 6.26. The Labute approximate surface area is 211 Å². The minimum absolute atomic E-state index is 0.0453. The number of hydrogen-bond donors (Lipinski definition) is 1. The van der Waals surface area contributed by atoms with Crippen molar-refractivity contribution >= 4 is 40.7 Å². The second-order valence-corrected chi connectivity index (χ2v) is 8.47. The third-order valence-electron chi connectivity index (χ3n) is 5.87. The zero-order valence-corrected chi connectivity index (χ0v) is 19.5. The first-order valence-corrected chi connectivity index (χ1v) is 11.5. The summed E-state index contributed by atoms with van der Waals surface area (Å²) in [5.74, 6) is -2.22. The second-order valence-electron chi connectivity index (χ2n) is 8.09. The average molecular weight is 496 g/mol. The van der Waals surface area contributed by atoms with Crippen molar-refractivity contribution in [2.24, 2.45) is 0 Å². The van der Waals surface area contributed by atoms with Crippen molar-refractivity contribution in [1.82, 2.24) is 0 Å². The number of para-hydroxylation sites is 1. The fourth-order valence-electron chi connectivity index (χ4n) is 4.16. The normalized spacial score (nSPS) is 11.9. The molecule has 0 saturated carbocycles. The van der Waals surface area contributed by atoms with Crippen LogP contribution in [0.15, 0.2) is 91.0 Å². The maximum atomic E-state index is 13.0. The summed E-state index contributed by atoms with van der Waals surface area (Å²) in [4.78, 5) is 51.1. The molecular weight excluding hydrogens is 478 g/mol. The van der Waals surface area contributed by atoms with E-state index in [1.807, 2.05) is 42.5 Å². The highest BCUT2D eigenvalue weighted by molar-refractivity contribution is 6.41. The van der Waals surface area contributed by atoms with Crippen molar-refractivity contribution < 1.29 is 23.9 Å². The van der Waals surface area contributed by atoms with Gasteiger partial charge in [-0.05, 0) is 23.8 Å². The number of esters is 1. The summed E-state index contributed by atoms with van der Waals surface area (Å²) in [5.41, 5.74) is 2.79. The van der Waals surface area contributed by atoms with E-state index in [2.05, 4.69) is 5.32 Å². The predicted molar refractivity (Wildman–Crippen MR) is 136 cm³/mol. The van der Waals surface area contributed by atoms with Crippen molar-refractivity contribution in [2.75, 3.05) is 11.9 Å². The molecule has 0 bridgehead atoms. The summed E-state index contributed by atoms with van der Waals surface area (Å²) in [7, 11) is 0. The molecule has 4 aromatic rings. The Morgan fingerprint density at radius 1 is 0.694 bits per heavy atom. The fourth-order valence-corrected chi connectivity index (χ4v) is 4.49. The molecule has 1 amide bonds. The van der Waals surface area contributed by atoms with Crippen LogP contribution in [0.4, 0.5) is 5.69 Å². The predicted octanol–water partition coefficient (Wildman–Crippen LogP) is 5.58. The monoisotopic (exact) mass is 495 g/mol. The highest BCUT2D eigenvalue weighted by Crippen LogP contribution is 2.34. The molecular formula is C29H18ClNO5. The largest absolute Gasteiger partial charge is 0.452 e. The molecule has 1 aliphatic rings. The quantitative estimate of drug-likeness (QED) is 0.322. The van der Waals surface area contributed by atoms with Crippen LogP contribution in [0.5, 0.6) is 0 Å². The van der Waals surface area contributed by atoms with E-state index in [9.17, 15) is 19.2 Å². The lowest BCUT2D eigenvalue weighted by Gasteiger charge is -2.19. The number of amides is 1. The first-order valence-electron chi connectivity index (χ1n) is 11.1. The number of ether oxygens (including phenoxy) is 1. The van der Waals surface area contributed by atoms with Gasteiger partial charge in [-0.1, -0.05) is 84.4 Å². The molecule has 0 aliphatic heterocycles. The van der Waals surface area contributed by atoms with Crippen LogP contribution in [0.1, 0.15) is 42.2 Å². The van der Waals surface area contributed by atoms with Gasteiger partial charge in [-0.3, -0.25) is 14.4 Å². The van der Waals surface area contributed by atoms with E-state index in [0.717, 1.165) is 11.1 Å². The number of halogens is 1. The molecule has 176 valence electrons. The summed E-state index contributed by atoms with van der Waals surface area (Å²) in [6.45, 7) is -0.564. The van der Waals surface area contributed by atoms with Crippen LogP contribution >= 0.6 is 11.6 Å². The molecule has 6 nitrogen and oxygen atoms in total. The number of carbonyl (C=O) groups excluding carboxylic acids is 4. The molecule has 0 heterocycles. The smallest absolute Gasteiger partial charge is 0.340 e. The Morgan fingerprint density at radius 2 is 1.31 bits per heavy atom. The van der Waals surface area contributed by atoms with Gasteiger partial charge in [-0.15, -0.1) is 0 Å². The summed E-state index contributed by atoms with van der Waals surface area (Å²) in [6.07, 6.45) is 0. The van der Waals surface area contributed by atoms with E-state index >= 15 is 0 Å². The van der Waals surface area contributed by atoms with Crippen LogP contribution in [-0.4, -0.2) is 30.0 Å². The van der Waals surface area contributed by atoms with Crippen molar-refractivity contribution in [3.05, 3.63) is 124 Å².